The van der Waals surface area contributed by atoms with E-state index in [4.69, 9.17) is 32.7 Å². The molecular weight excluding hydrogens is 681 g/mol. The number of Topliss-reactive ketones (excluding diaryl/α,β-unsaturated/α-hetero) is 2. The smallest absolute Gasteiger partial charge is 0.339 e. The highest BCUT2D eigenvalue weighted by atomic mass is 35.5. The lowest BCUT2D eigenvalue weighted by atomic mass is 9.99. The molecule has 11 heteroatoms. The maximum absolute atomic E-state index is 13.5. The molecule has 0 fully saturated rings. The SMILES string of the molecule is O=C(CN1C(=O)c2ccc(C(=O)O[C@@H](C(=O)c3ccc(Cl)cc3)c3ccccc3)cc2C1=O)O[C@H](C(=O)c1ccc(Cl)cc1)c1ccccc1. The number of carbonyl (C=O) groups excluding carboxylic acids is 6. The summed E-state index contributed by atoms with van der Waals surface area (Å²) in [4.78, 5) is 80.8. The van der Waals surface area contributed by atoms with Gasteiger partial charge in [0.15, 0.2) is 12.2 Å². The number of ketones is 2. The molecular formula is C39H25Cl2NO8. The molecule has 5 aromatic carbocycles. The van der Waals surface area contributed by atoms with Gasteiger partial charge in [0.25, 0.3) is 11.8 Å². The van der Waals surface area contributed by atoms with Crippen LogP contribution in [0.1, 0.15) is 75.1 Å². The molecule has 5 aromatic rings. The van der Waals surface area contributed by atoms with Crippen LogP contribution in [0.4, 0.5) is 0 Å². The summed E-state index contributed by atoms with van der Waals surface area (Å²) in [7, 11) is 0. The van der Waals surface area contributed by atoms with Crippen LogP contribution in [0.3, 0.4) is 0 Å². The Morgan fingerprint density at radius 3 is 1.48 bits per heavy atom. The first-order valence-corrected chi connectivity index (χ1v) is 16.0. The van der Waals surface area contributed by atoms with Gasteiger partial charge >= 0.3 is 11.9 Å². The summed E-state index contributed by atoms with van der Waals surface area (Å²) < 4.78 is 11.3. The maximum Gasteiger partial charge on any atom is 0.339 e. The van der Waals surface area contributed by atoms with Gasteiger partial charge in [-0.15, -0.1) is 0 Å². The normalized spacial score (nSPS) is 13.3. The zero-order chi connectivity index (χ0) is 35.4. The first kappa shape index (κ1) is 34.0. The van der Waals surface area contributed by atoms with E-state index in [-0.39, 0.29) is 27.8 Å². The van der Waals surface area contributed by atoms with Crippen molar-refractivity contribution >= 4 is 58.5 Å². The van der Waals surface area contributed by atoms with Gasteiger partial charge in [-0.05, 0) is 66.7 Å². The summed E-state index contributed by atoms with van der Waals surface area (Å²) in [5.41, 5.74) is 1.01. The van der Waals surface area contributed by atoms with Crippen molar-refractivity contribution in [2.75, 3.05) is 6.54 Å². The molecule has 0 radical (unpaired) electrons. The Morgan fingerprint density at radius 1 is 0.540 bits per heavy atom. The van der Waals surface area contributed by atoms with Crippen LogP contribution in [-0.4, -0.2) is 46.8 Å². The van der Waals surface area contributed by atoms with Crippen LogP contribution >= 0.6 is 23.2 Å². The number of imide groups is 1. The van der Waals surface area contributed by atoms with Crippen LogP contribution < -0.4 is 0 Å². The van der Waals surface area contributed by atoms with Gasteiger partial charge in [0.05, 0.1) is 16.7 Å². The van der Waals surface area contributed by atoms with Crippen LogP contribution in [-0.2, 0) is 14.3 Å². The molecule has 1 heterocycles. The van der Waals surface area contributed by atoms with Crippen molar-refractivity contribution in [3.05, 3.63) is 176 Å². The zero-order valence-corrected chi connectivity index (χ0v) is 27.5. The third-order valence-electron chi connectivity index (χ3n) is 7.91. The van der Waals surface area contributed by atoms with Crippen LogP contribution in [0, 0.1) is 0 Å². The Kier molecular flexibility index (Phi) is 9.99. The second-order valence-electron chi connectivity index (χ2n) is 11.2. The number of fused-ring (bicyclic) bond motifs is 1. The summed E-state index contributed by atoms with van der Waals surface area (Å²) in [6, 6.07) is 32.6. The molecule has 0 spiro atoms. The molecule has 248 valence electrons. The average Bonchev–Trinajstić information content (AvgIpc) is 3.37. The minimum Gasteiger partial charge on any atom is -0.448 e. The molecule has 0 unspecified atom stereocenters. The predicted molar refractivity (Wildman–Crippen MR) is 183 cm³/mol. The van der Waals surface area contributed by atoms with Crippen LogP contribution in [0.15, 0.2) is 127 Å². The van der Waals surface area contributed by atoms with Gasteiger partial charge in [0, 0.05) is 32.3 Å². The lowest BCUT2D eigenvalue weighted by Crippen LogP contribution is -2.36. The van der Waals surface area contributed by atoms with Gasteiger partial charge < -0.3 is 9.47 Å². The monoisotopic (exact) mass is 705 g/mol. The quantitative estimate of drug-likeness (QED) is 0.0785. The Bertz CT molecular complexity index is 2120. The third-order valence-corrected chi connectivity index (χ3v) is 8.41. The van der Waals surface area contributed by atoms with E-state index in [1.165, 1.54) is 54.6 Å². The third kappa shape index (κ3) is 7.24. The predicted octanol–water partition coefficient (Wildman–Crippen LogP) is 7.54. The minimum atomic E-state index is -1.37. The summed E-state index contributed by atoms with van der Waals surface area (Å²) in [5, 5.41) is 0.844. The van der Waals surface area contributed by atoms with E-state index in [2.05, 4.69) is 0 Å². The fourth-order valence-corrected chi connectivity index (χ4v) is 5.62. The van der Waals surface area contributed by atoms with Gasteiger partial charge in [-0.2, -0.15) is 0 Å². The van der Waals surface area contributed by atoms with Crippen molar-refractivity contribution in [2.24, 2.45) is 0 Å². The number of hydrogen-bond acceptors (Lipinski definition) is 8. The van der Waals surface area contributed by atoms with Crippen molar-refractivity contribution in [3.8, 4) is 0 Å². The van der Waals surface area contributed by atoms with E-state index in [0.29, 0.717) is 26.1 Å². The molecule has 6 rings (SSSR count). The molecule has 0 bridgehead atoms. The Labute approximate surface area is 296 Å². The molecule has 0 saturated heterocycles. The van der Waals surface area contributed by atoms with Gasteiger partial charge in [-0.25, -0.2) is 4.79 Å². The second kappa shape index (κ2) is 14.7. The van der Waals surface area contributed by atoms with Crippen molar-refractivity contribution < 1.29 is 38.2 Å². The minimum absolute atomic E-state index is 0.0481. The maximum atomic E-state index is 13.5. The van der Waals surface area contributed by atoms with Crippen LogP contribution in [0.5, 0.6) is 0 Å². The Hall–Kier alpha value is -5.90. The number of nitrogens with zero attached hydrogens (tertiary/aromatic N) is 1. The van der Waals surface area contributed by atoms with E-state index < -0.39 is 54.1 Å². The first-order valence-electron chi connectivity index (χ1n) is 15.2. The lowest BCUT2D eigenvalue weighted by Gasteiger charge is -2.19. The Balaban J connectivity index is 1.19. The van der Waals surface area contributed by atoms with Gasteiger partial charge in [0.1, 0.15) is 6.54 Å². The van der Waals surface area contributed by atoms with Gasteiger partial charge in [-0.3, -0.25) is 28.9 Å². The summed E-state index contributed by atoms with van der Waals surface area (Å²) >= 11 is 11.9. The molecule has 50 heavy (non-hydrogen) atoms. The van der Waals surface area contributed by atoms with Gasteiger partial charge in [-0.1, -0.05) is 83.9 Å². The first-order chi connectivity index (χ1) is 24.1. The van der Waals surface area contributed by atoms with E-state index >= 15 is 0 Å². The molecule has 1 aliphatic heterocycles. The van der Waals surface area contributed by atoms with Crippen molar-refractivity contribution in [1.29, 1.82) is 0 Å². The zero-order valence-electron chi connectivity index (χ0n) is 26.0. The number of carbonyl (C=O) groups is 6. The highest BCUT2D eigenvalue weighted by molar-refractivity contribution is 6.31. The standard InChI is InChI=1S/C39H25Cl2NO8/c40-28-16-11-23(12-17-28)33(44)35(25-7-3-1-4-8-25)49-32(43)22-42-37(46)30-20-15-27(21-31(30)38(42)47)39(48)50-36(26-9-5-2-6-10-26)34(45)24-13-18-29(41)19-14-24/h1-21,35-36H,22H2/t35-,36+/m0/s1. The van der Waals surface area contributed by atoms with E-state index in [9.17, 15) is 28.8 Å². The number of esters is 2. The van der Waals surface area contributed by atoms with Crippen molar-refractivity contribution in [1.82, 2.24) is 4.90 Å². The van der Waals surface area contributed by atoms with Crippen molar-refractivity contribution in [3.63, 3.8) is 0 Å². The molecule has 1 aliphatic rings. The molecule has 2 atom stereocenters. The fraction of sp³-hybridized carbons (Fsp3) is 0.0769. The molecule has 2 amide bonds. The van der Waals surface area contributed by atoms with Gasteiger partial charge in [0.2, 0.25) is 11.6 Å². The number of amides is 2. The topological polar surface area (TPSA) is 124 Å². The van der Waals surface area contributed by atoms with Crippen LogP contribution in [0.2, 0.25) is 10.0 Å². The number of halogens is 2. The van der Waals surface area contributed by atoms with Crippen LogP contribution in [0.25, 0.3) is 0 Å². The number of hydrogen-bond donors (Lipinski definition) is 0. The van der Waals surface area contributed by atoms with E-state index in [1.54, 1.807) is 72.8 Å². The number of rotatable bonds is 11. The molecule has 0 N–H and O–H groups in total. The number of benzene rings is 5. The summed E-state index contributed by atoms with van der Waals surface area (Å²) in [5.74, 6) is -4.61. The van der Waals surface area contributed by atoms with Crippen molar-refractivity contribution in [2.45, 2.75) is 12.2 Å². The van der Waals surface area contributed by atoms with E-state index in [1.807, 2.05) is 0 Å². The Morgan fingerprint density at radius 2 is 0.980 bits per heavy atom. The second-order valence-corrected chi connectivity index (χ2v) is 12.0. The average molecular weight is 707 g/mol. The molecule has 0 saturated carbocycles. The molecule has 9 nitrogen and oxygen atoms in total. The highest BCUT2D eigenvalue weighted by Crippen LogP contribution is 2.29. The molecule has 0 aliphatic carbocycles. The largest absolute Gasteiger partial charge is 0.448 e. The summed E-state index contributed by atoms with van der Waals surface area (Å²) in [6.07, 6.45) is -2.69. The number of ether oxygens (including phenoxy) is 2. The summed E-state index contributed by atoms with van der Waals surface area (Å²) in [6.45, 7) is -0.797. The molecule has 0 aromatic heterocycles. The lowest BCUT2D eigenvalue weighted by molar-refractivity contribution is -0.147. The highest BCUT2D eigenvalue weighted by Gasteiger charge is 2.39. The van der Waals surface area contributed by atoms with E-state index in [0.717, 1.165) is 0 Å². The fourth-order valence-electron chi connectivity index (χ4n) is 5.37.